The third kappa shape index (κ3) is 4.54. The molecule has 0 fully saturated rings. The van der Waals surface area contributed by atoms with Crippen molar-refractivity contribution in [2.45, 2.75) is 59.2 Å². The molecule has 1 aromatic carbocycles. The van der Waals surface area contributed by atoms with Gasteiger partial charge in [-0.25, -0.2) is 4.68 Å². The molecule has 2 atom stereocenters. The van der Waals surface area contributed by atoms with Crippen molar-refractivity contribution >= 4 is 10.9 Å². The Morgan fingerprint density at radius 3 is 2.69 bits per heavy atom. The van der Waals surface area contributed by atoms with E-state index in [-0.39, 0.29) is 23.7 Å². The predicted octanol–water partition coefficient (Wildman–Crippen LogP) is 1.11. The van der Waals surface area contributed by atoms with E-state index in [2.05, 4.69) is 48.2 Å². The van der Waals surface area contributed by atoms with Gasteiger partial charge in [0.15, 0.2) is 0 Å². The highest BCUT2D eigenvalue weighted by molar-refractivity contribution is 5.79. The van der Waals surface area contributed by atoms with E-state index in [9.17, 15) is 9.90 Å². The number of nitrogens with zero attached hydrogens (tertiary/aromatic N) is 4. The van der Waals surface area contributed by atoms with Gasteiger partial charge in [0.05, 0.1) is 17.7 Å². The Balaban J connectivity index is 1.99. The molecule has 156 valence electrons. The molecule has 0 saturated heterocycles. The van der Waals surface area contributed by atoms with Crippen LogP contribution in [0.3, 0.4) is 0 Å². The average Bonchev–Trinajstić information content (AvgIpc) is 3.13. The lowest BCUT2D eigenvalue weighted by atomic mass is 10.1. The smallest absolute Gasteiger partial charge is 0.257 e. The van der Waals surface area contributed by atoms with Gasteiger partial charge in [-0.05, 0) is 61.2 Å². The number of aryl methyl sites for hydroxylation is 1. The number of benzene rings is 1. The third-order valence-corrected chi connectivity index (χ3v) is 5.27. The summed E-state index contributed by atoms with van der Waals surface area (Å²) in [5.41, 5.74) is 2.29. The van der Waals surface area contributed by atoms with Crippen LogP contribution in [0.2, 0.25) is 0 Å². The quantitative estimate of drug-likeness (QED) is 0.552. The summed E-state index contributed by atoms with van der Waals surface area (Å²) in [4.78, 5) is 16.8. The van der Waals surface area contributed by atoms with E-state index in [1.165, 1.54) is 0 Å². The van der Waals surface area contributed by atoms with Gasteiger partial charge in [0.1, 0.15) is 19.1 Å². The fourth-order valence-corrected chi connectivity index (χ4v) is 3.81. The number of aliphatic hydroxyl groups excluding tert-OH is 1. The average molecular weight is 400 g/mol. The Bertz CT molecular complexity index is 1030. The Kier molecular flexibility index (Phi) is 6.14. The minimum Gasteiger partial charge on any atom is -0.391 e. The van der Waals surface area contributed by atoms with Gasteiger partial charge in [-0.1, -0.05) is 19.1 Å². The zero-order chi connectivity index (χ0) is 21.2. The van der Waals surface area contributed by atoms with Crippen molar-refractivity contribution in [1.82, 2.24) is 25.2 Å². The molecule has 29 heavy (non-hydrogen) atoms. The molecule has 0 radical (unpaired) electrons. The normalized spacial score (nSPS) is 14.3. The molecule has 3 aromatic rings. The molecule has 0 aliphatic carbocycles. The molecule has 2 aromatic heterocycles. The van der Waals surface area contributed by atoms with Gasteiger partial charge in [0.25, 0.3) is 5.56 Å². The summed E-state index contributed by atoms with van der Waals surface area (Å²) < 4.78 is 1.84. The number of aromatic nitrogens is 5. The molecule has 3 N–H and O–H groups in total. The first-order chi connectivity index (χ1) is 13.7. The number of hydrogen-bond donors (Lipinski definition) is 3. The molecule has 8 heteroatoms. The lowest BCUT2D eigenvalue weighted by molar-refractivity contribution is -0.946. The number of nitrogens with one attached hydrogen (secondary N) is 2. The van der Waals surface area contributed by atoms with E-state index < -0.39 is 0 Å². The maximum Gasteiger partial charge on any atom is 0.257 e. The van der Waals surface area contributed by atoms with Gasteiger partial charge < -0.3 is 15.0 Å². The summed E-state index contributed by atoms with van der Waals surface area (Å²) in [6.45, 7) is 11.3. The first-order valence-corrected chi connectivity index (χ1v) is 10.1. The highest BCUT2D eigenvalue weighted by Gasteiger charge is 2.32. The predicted molar refractivity (Wildman–Crippen MR) is 112 cm³/mol. The number of rotatable bonds is 7. The zero-order valence-electron chi connectivity index (χ0n) is 17.9. The van der Waals surface area contributed by atoms with Crippen LogP contribution in [0.1, 0.15) is 57.1 Å². The number of fused-ring (bicyclic) bond motifs is 1. The van der Waals surface area contributed by atoms with Gasteiger partial charge in [-0.2, -0.15) is 0 Å². The highest BCUT2D eigenvalue weighted by atomic mass is 16.3. The third-order valence-electron chi connectivity index (χ3n) is 5.27. The fraction of sp³-hybridized carbons (Fsp3) is 0.524. The largest absolute Gasteiger partial charge is 0.391 e. The summed E-state index contributed by atoms with van der Waals surface area (Å²) in [6, 6.07) is 7.95. The van der Waals surface area contributed by atoms with Gasteiger partial charge in [-0.15, -0.1) is 5.10 Å². The number of aromatic amines is 1. The topological polar surface area (TPSA) is 101 Å². The summed E-state index contributed by atoms with van der Waals surface area (Å²) >= 11 is 0. The molecular weight excluding hydrogens is 368 g/mol. The van der Waals surface area contributed by atoms with E-state index in [0.717, 1.165) is 33.6 Å². The number of aliphatic hydroxyl groups is 1. The van der Waals surface area contributed by atoms with Crippen LogP contribution in [0.25, 0.3) is 10.9 Å². The minimum atomic E-state index is -0.255. The second-order valence-electron chi connectivity index (χ2n) is 8.60. The first kappa shape index (κ1) is 21.1. The van der Waals surface area contributed by atoms with Crippen molar-refractivity contribution in [3.05, 3.63) is 51.6 Å². The van der Waals surface area contributed by atoms with E-state index in [4.69, 9.17) is 0 Å². The van der Waals surface area contributed by atoms with Crippen molar-refractivity contribution < 1.29 is 10.0 Å². The van der Waals surface area contributed by atoms with E-state index >= 15 is 0 Å². The van der Waals surface area contributed by atoms with Crippen LogP contribution in [-0.4, -0.2) is 43.4 Å². The van der Waals surface area contributed by atoms with Crippen molar-refractivity contribution in [3.63, 3.8) is 0 Å². The van der Waals surface area contributed by atoms with Crippen LogP contribution < -0.4 is 10.5 Å². The molecule has 0 aliphatic rings. The molecule has 0 aliphatic heterocycles. The van der Waals surface area contributed by atoms with E-state index in [0.29, 0.717) is 18.7 Å². The first-order valence-electron chi connectivity index (χ1n) is 10.1. The van der Waals surface area contributed by atoms with Crippen molar-refractivity contribution in [2.24, 2.45) is 0 Å². The van der Waals surface area contributed by atoms with Gasteiger partial charge in [0, 0.05) is 11.9 Å². The van der Waals surface area contributed by atoms with Crippen LogP contribution in [0.5, 0.6) is 0 Å². The Morgan fingerprint density at radius 1 is 1.28 bits per heavy atom. The maximum atomic E-state index is 12.7. The summed E-state index contributed by atoms with van der Waals surface area (Å²) in [6.07, 6.45) is 0.788. The second-order valence-corrected chi connectivity index (χ2v) is 8.60. The Labute approximate surface area is 170 Å². The molecule has 0 bridgehead atoms. The number of tetrazole rings is 1. The van der Waals surface area contributed by atoms with Crippen molar-refractivity contribution in [3.8, 4) is 0 Å². The summed E-state index contributed by atoms with van der Waals surface area (Å²) in [5, 5.41) is 23.1. The fourth-order valence-electron chi connectivity index (χ4n) is 3.81. The maximum absolute atomic E-state index is 12.7. The highest BCUT2D eigenvalue weighted by Crippen LogP contribution is 2.19. The number of pyridine rings is 1. The number of H-pyrrole nitrogens is 1. The Hall–Kier alpha value is -2.58. The molecule has 0 saturated carbocycles. The number of quaternary nitrogens is 1. The second kappa shape index (κ2) is 8.42. The molecule has 1 unspecified atom stereocenters. The Morgan fingerprint density at radius 2 is 2.03 bits per heavy atom. The van der Waals surface area contributed by atoms with Crippen LogP contribution >= 0.6 is 0 Å². The molecule has 0 amide bonds. The summed E-state index contributed by atoms with van der Waals surface area (Å²) in [7, 11) is 0. The molecular formula is C21H31N6O2+. The standard InChI is InChI=1S/C21H30N6O2/c1-6-18(19-23-24-25-27(19)21(3,4)5)26(9-10-28)13-16-12-15-8-7-14(2)11-17(15)22-20(16)29/h7-8,11-12,18,28H,6,9-10,13H2,1-5H3,(H,22,29)/p+1/t18-/m1/s1. The number of hydrogen-bond acceptors (Lipinski definition) is 5. The molecule has 3 rings (SSSR count). The molecule has 8 nitrogen and oxygen atoms in total. The van der Waals surface area contributed by atoms with Crippen LogP contribution in [0, 0.1) is 6.92 Å². The zero-order valence-corrected chi connectivity index (χ0v) is 17.9. The van der Waals surface area contributed by atoms with Gasteiger partial charge >= 0.3 is 0 Å². The lowest BCUT2D eigenvalue weighted by Gasteiger charge is -2.29. The van der Waals surface area contributed by atoms with Crippen LogP contribution in [0.4, 0.5) is 0 Å². The minimum absolute atomic E-state index is 0.0214. The lowest BCUT2D eigenvalue weighted by Crippen LogP contribution is -3.11. The molecule has 0 spiro atoms. The van der Waals surface area contributed by atoms with E-state index in [1.54, 1.807) is 0 Å². The molecule has 2 heterocycles. The van der Waals surface area contributed by atoms with Crippen LogP contribution in [0.15, 0.2) is 29.1 Å². The monoisotopic (exact) mass is 399 g/mol. The summed E-state index contributed by atoms with van der Waals surface area (Å²) in [5.74, 6) is 0.774. The van der Waals surface area contributed by atoms with E-state index in [1.807, 2.05) is 35.9 Å². The SMILES string of the molecule is CC[C@H](c1nnnn1C(C)(C)C)[NH+](CCO)Cc1cc2ccc(C)cc2[nH]c1=O. The van der Waals surface area contributed by atoms with Crippen molar-refractivity contribution in [2.75, 3.05) is 13.2 Å². The van der Waals surface area contributed by atoms with Gasteiger partial charge in [0.2, 0.25) is 5.82 Å². The van der Waals surface area contributed by atoms with Crippen LogP contribution in [-0.2, 0) is 12.1 Å². The van der Waals surface area contributed by atoms with Gasteiger partial charge in [-0.3, -0.25) is 4.79 Å². The van der Waals surface area contributed by atoms with Crippen molar-refractivity contribution in [1.29, 1.82) is 0 Å².